The molecular weight excluding hydrogens is 501 g/mol. The second-order valence-electron chi connectivity index (χ2n) is 10.6. The van der Waals surface area contributed by atoms with Gasteiger partial charge >= 0.3 is 6.18 Å². The average molecular weight is 527 g/mol. The van der Waals surface area contributed by atoms with Crippen molar-refractivity contribution in [3.63, 3.8) is 0 Å². The normalized spacial score (nSPS) is 13.1. The Morgan fingerprint density at radius 3 is 2.19 bits per heavy atom. The predicted octanol–water partition coefficient (Wildman–Crippen LogP) is 8.46. The van der Waals surface area contributed by atoms with Crippen LogP contribution in [-0.2, 0) is 11.8 Å². The molecule has 0 amide bonds. The van der Waals surface area contributed by atoms with E-state index in [1.165, 1.54) is 53.8 Å². The molecule has 36 heavy (non-hydrogen) atoms. The van der Waals surface area contributed by atoms with Gasteiger partial charge in [-0.3, -0.25) is 0 Å². The van der Waals surface area contributed by atoms with Crippen molar-refractivity contribution in [1.29, 1.82) is 0 Å². The zero-order chi connectivity index (χ0) is 25.9. The van der Waals surface area contributed by atoms with Crippen molar-refractivity contribution in [2.24, 2.45) is 5.41 Å². The molecule has 0 unspecified atom stereocenters. The smallest absolute Gasteiger partial charge is 0.236 e. The standard InChI is InChI=1S/C27H25F3N4S2/c1-25(2,3)18-11-16(10-15-8-6-7-9-17(15)18)19-12-20(32-14-31-19)22-34-24-23(36-22)33-21(35-24)13-26(4,5)27(28,29)30/h6-12,14H,13H2,1-5H3. The summed E-state index contributed by atoms with van der Waals surface area (Å²) in [6.45, 7) is 8.99. The topological polar surface area (TPSA) is 51.6 Å². The summed E-state index contributed by atoms with van der Waals surface area (Å²) in [5.74, 6) is 0. The van der Waals surface area contributed by atoms with Crippen LogP contribution in [0.4, 0.5) is 13.2 Å². The first kappa shape index (κ1) is 24.8. The summed E-state index contributed by atoms with van der Waals surface area (Å²) in [7, 11) is 0. The summed E-state index contributed by atoms with van der Waals surface area (Å²) in [6, 6.07) is 14.6. The molecule has 0 fully saturated rings. The zero-order valence-corrected chi connectivity index (χ0v) is 22.2. The number of benzene rings is 2. The molecule has 0 aliphatic heterocycles. The van der Waals surface area contributed by atoms with Crippen LogP contribution in [0.5, 0.6) is 0 Å². The molecule has 0 radical (unpaired) electrons. The first-order valence-corrected chi connectivity index (χ1v) is 13.1. The van der Waals surface area contributed by atoms with Gasteiger partial charge in [0.1, 0.15) is 17.0 Å². The molecule has 0 saturated carbocycles. The van der Waals surface area contributed by atoms with Gasteiger partial charge in [0.05, 0.1) is 16.1 Å². The van der Waals surface area contributed by atoms with Crippen LogP contribution in [0.2, 0.25) is 0 Å². The summed E-state index contributed by atoms with van der Waals surface area (Å²) < 4.78 is 39.9. The van der Waals surface area contributed by atoms with Gasteiger partial charge < -0.3 is 0 Å². The molecule has 0 saturated heterocycles. The van der Waals surface area contributed by atoms with Gasteiger partial charge in [0.2, 0.25) is 0 Å². The van der Waals surface area contributed by atoms with E-state index in [1.807, 2.05) is 12.1 Å². The summed E-state index contributed by atoms with van der Waals surface area (Å²) in [5, 5.41) is 3.48. The molecule has 3 heterocycles. The number of halogens is 3. The van der Waals surface area contributed by atoms with Gasteiger partial charge in [-0.15, -0.1) is 0 Å². The van der Waals surface area contributed by atoms with Crippen LogP contribution in [0.3, 0.4) is 0 Å². The Labute approximate surface area is 215 Å². The van der Waals surface area contributed by atoms with Crippen molar-refractivity contribution >= 4 is 43.1 Å². The zero-order valence-electron chi connectivity index (χ0n) is 20.6. The average Bonchev–Trinajstić information content (AvgIpc) is 3.35. The SMILES string of the molecule is CC(C)(C)c1cc(-c2cc(-c3nc4sc(CC(C)(C)C(F)(F)F)nc4s3)ncn2)cc2ccccc12. The number of nitrogens with zero attached hydrogens (tertiary/aromatic N) is 4. The van der Waals surface area contributed by atoms with E-state index < -0.39 is 11.6 Å². The van der Waals surface area contributed by atoms with Gasteiger partial charge in [-0.25, -0.2) is 19.9 Å². The van der Waals surface area contributed by atoms with E-state index in [2.05, 4.69) is 71.0 Å². The van der Waals surface area contributed by atoms with Gasteiger partial charge in [0.25, 0.3) is 0 Å². The highest BCUT2D eigenvalue weighted by molar-refractivity contribution is 7.28. The third-order valence-electron chi connectivity index (χ3n) is 6.23. The molecule has 5 aromatic rings. The lowest BCUT2D eigenvalue weighted by Gasteiger charge is -2.26. The summed E-state index contributed by atoms with van der Waals surface area (Å²) in [5.41, 5.74) is 1.80. The molecule has 4 nitrogen and oxygen atoms in total. The molecule has 2 aromatic carbocycles. The number of fused-ring (bicyclic) bond motifs is 2. The minimum atomic E-state index is -4.29. The van der Waals surface area contributed by atoms with Crippen LogP contribution >= 0.6 is 22.7 Å². The van der Waals surface area contributed by atoms with Gasteiger partial charge in [-0.05, 0) is 39.9 Å². The molecule has 0 bridgehead atoms. The maximum Gasteiger partial charge on any atom is 0.394 e. The molecule has 0 N–H and O–H groups in total. The van der Waals surface area contributed by atoms with Crippen LogP contribution in [-0.4, -0.2) is 26.1 Å². The van der Waals surface area contributed by atoms with Gasteiger partial charge in [-0.2, -0.15) is 13.2 Å². The largest absolute Gasteiger partial charge is 0.394 e. The van der Waals surface area contributed by atoms with Crippen molar-refractivity contribution in [2.75, 3.05) is 0 Å². The van der Waals surface area contributed by atoms with E-state index >= 15 is 0 Å². The predicted molar refractivity (Wildman–Crippen MR) is 141 cm³/mol. The third-order valence-corrected chi connectivity index (χ3v) is 8.28. The van der Waals surface area contributed by atoms with Crippen molar-refractivity contribution in [1.82, 2.24) is 19.9 Å². The van der Waals surface area contributed by atoms with Crippen molar-refractivity contribution in [2.45, 2.75) is 52.6 Å². The Kier molecular flexibility index (Phi) is 5.91. The Morgan fingerprint density at radius 1 is 0.806 bits per heavy atom. The van der Waals surface area contributed by atoms with Crippen LogP contribution in [0.1, 0.15) is 45.2 Å². The lowest BCUT2D eigenvalue weighted by Crippen LogP contribution is -2.34. The van der Waals surface area contributed by atoms with E-state index in [1.54, 1.807) is 0 Å². The highest BCUT2D eigenvalue weighted by atomic mass is 32.1. The fraction of sp³-hybridized carbons (Fsp3) is 0.333. The molecular formula is C27H25F3N4S2. The molecule has 0 atom stereocenters. The minimum Gasteiger partial charge on any atom is -0.236 e. The lowest BCUT2D eigenvalue weighted by atomic mass is 9.82. The highest BCUT2D eigenvalue weighted by Crippen LogP contribution is 2.42. The number of hydrogen-bond donors (Lipinski definition) is 0. The monoisotopic (exact) mass is 526 g/mol. The van der Waals surface area contributed by atoms with E-state index in [0.717, 1.165) is 16.6 Å². The Bertz CT molecular complexity index is 1540. The van der Waals surface area contributed by atoms with E-state index in [-0.39, 0.29) is 11.8 Å². The molecule has 9 heteroatoms. The summed E-state index contributed by atoms with van der Waals surface area (Å²) in [4.78, 5) is 19.3. The Balaban J connectivity index is 1.50. The molecule has 0 aliphatic carbocycles. The molecule has 0 aliphatic rings. The van der Waals surface area contributed by atoms with Crippen molar-refractivity contribution < 1.29 is 13.2 Å². The number of alkyl halides is 3. The second-order valence-corrected chi connectivity index (χ2v) is 12.6. The number of rotatable bonds is 4. The number of aromatic nitrogens is 4. The highest BCUT2D eigenvalue weighted by Gasteiger charge is 2.47. The van der Waals surface area contributed by atoms with Crippen molar-refractivity contribution in [3.05, 3.63) is 59.4 Å². The Morgan fingerprint density at radius 2 is 1.50 bits per heavy atom. The van der Waals surface area contributed by atoms with Crippen LogP contribution < -0.4 is 0 Å². The molecule has 3 aromatic heterocycles. The molecule has 186 valence electrons. The lowest BCUT2D eigenvalue weighted by molar-refractivity contribution is -0.211. The summed E-state index contributed by atoms with van der Waals surface area (Å²) >= 11 is 2.54. The van der Waals surface area contributed by atoms with E-state index in [4.69, 9.17) is 0 Å². The van der Waals surface area contributed by atoms with Crippen LogP contribution in [0.15, 0.2) is 48.8 Å². The second kappa shape index (κ2) is 8.59. The first-order chi connectivity index (χ1) is 16.8. The van der Waals surface area contributed by atoms with Gasteiger partial charge in [0, 0.05) is 12.0 Å². The number of thiazole rings is 2. The van der Waals surface area contributed by atoms with Gasteiger partial charge in [0.15, 0.2) is 9.66 Å². The maximum atomic E-state index is 13.3. The van der Waals surface area contributed by atoms with Crippen LogP contribution in [0, 0.1) is 5.41 Å². The quantitative estimate of drug-likeness (QED) is 0.236. The first-order valence-electron chi connectivity index (χ1n) is 11.5. The molecule has 5 rings (SSSR count). The minimum absolute atomic E-state index is 0.0464. The fourth-order valence-corrected chi connectivity index (χ4v) is 6.31. The third kappa shape index (κ3) is 4.62. The maximum absolute atomic E-state index is 13.3. The number of hydrogen-bond acceptors (Lipinski definition) is 6. The van der Waals surface area contributed by atoms with Crippen molar-refractivity contribution in [3.8, 4) is 22.0 Å². The van der Waals surface area contributed by atoms with Crippen LogP contribution in [0.25, 0.3) is 42.4 Å². The van der Waals surface area contributed by atoms with E-state index in [0.29, 0.717) is 25.4 Å². The molecule has 0 spiro atoms. The fourth-order valence-electron chi connectivity index (χ4n) is 4.06. The van der Waals surface area contributed by atoms with E-state index in [9.17, 15) is 13.2 Å². The Hall–Kier alpha value is -2.91. The summed E-state index contributed by atoms with van der Waals surface area (Å²) in [6.07, 6.45) is -2.94. The van der Waals surface area contributed by atoms with Gasteiger partial charge in [-0.1, -0.05) is 81.6 Å².